The normalized spacial score (nSPS) is 20.7. The molecule has 0 bridgehead atoms. The quantitative estimate of drug-likeness (QED) is 0.835. The van der Waals surface area contributed by atoms with Gasteiger partial charge in [-0.05, 0) is 49.5 Å². The van der Waals surface area contributed by atoms with Gasteiger partial charge in [-0.1, -0.05) is 6.07 Å². The predicted octanol–water partition coefficient (Wildman–Crippen LogP) is 1.70. The second kappa shape index (κ2) is 6.07. The topological polar surface area (TPSA) is 56.5 Å². The van der Waals surface area contributed by atoms with Crippen molar-refractivity contribution in [3.05, 3.63) is 23.8 Å². The van der Waals surface area contributed by atoms with Gasteiger partial charge < -0.3 is 20.5 Å². The van der Waals surface area contributed by atoms with Crippen LogP contribution in [0.3, 0.4) is 0 Å². The lowest BCUT2D eigenvalue weighted by Crippen LogP contribution is -2.17. The fourth-order valence-corrected chi connectivity index (χ4v) is 2.49. The van der Waals surface area contributed by atoms with E-state index in [-0.39, 0.29) is 6.04 Å². The zero-order valence-corrected chi connectivity index (χ0v) is 11.1. The second-order valence-corrected chi connectivity index (χ2v) is 4.82. The maximum absolute atomic E-state index is 6.27. The zero-order chi connectivity index (χ0) is 13.0. The highest BCUT2D eigenvalue weighted by molar-refractivity contribution is 5.43. The Labute approximate surface area is 108 Å². The molecule has 1 aromatic carbocycles. The molecule has 4 heteroatoms. The van der Waals surface area contributed by atoms with Crippen LogP contribution in [0.4, 0.5) is 0 Å². The van der Waals surface area contributed by atoms with Gasteiger partial charge in [0.05, 0.1) is 14.2 Å². The summed E-state index contributed by atoms with van der Waals surface area (Å²) in [6, 6.07) is 5.98. The van der Waals surface area contributed by atoms with E-state index in [1.54, 1.807) is 14.2 Å². The summed E-state index contributed by atoms with van der Waals surface area (Å²) in [6.07, 6.45) is 2.24. The van der Waals surface area contributed by atoms with Crippen molar-refractivity contribution in [1.29, 1.82) is 0 Å². The van der Waals surface area contributed by atoms with Crippen molar-refractivity contribution in [2.75, 3.05) is 27.3 Å². The van der Waals surface area contributed by atoms with Crippen LogP contribution in [0.25, 0.3) is 0 Å². The van der Waals surface area contributed by atoms with Crippen LogP contribution in [0, 0.1) is 5.92 Å². The smallest absolute Gasteiger partial charge is 0.161 e. The molecule has 2 rings (SSSR count). The van der Waals surface area contributed by atoms with Crippen molar-refractivity contribution < 1.29 is 9.47 Å². The SMILES string of the molecule is COc1ccc(C(N)CC2CCNC2)cc1OC. The molecular formula is C14H22N2O2. The number of ether oxygens (including phenoxy) is 2. The summed E-state index contributed by atoms with van der Waals surface area (Å²) in [5.41, 5.74) is 7.38. The number of hydrogen-bond acceptors (Lipinski definition) is 4. The van der Waals surface area contributed by atoms with Gasteiger partial charge in [0.25, 0.3) is 0 Å². The molecule has 4 nitrogen and oxygen atoms in total. The molecule has 1 aliphatic heterocycles. The molecule has 3 N–H and O–H groups in total. The first-order valence-corrected chi connectivity index (χ1v) is 6.42. The molecule has 0 saturated carbocycles. The van der Waals surface area contributed by atoms with Crippen molar-refractivity contribution in [3.8, 4) is 11.5 Å². The molecule has 2 atom stereocenters. The van der Waals surface area contributed by atoms with Gasteiger partial charge in [-0.3, -0.25) is 0 Å². The molecule has 18 heavy (non-hydrogen) atoms. The molecule has 1 heterocycles. The van der Waals surface area contributed by atoms with Gasteiger partial charge in [0.15, 0.2) is 11.5 Å². The molecule has 100 valence electrons. The van der Waals surface area contributed by atoms with Gasteiger partial charge in [-0.25, -0.2) is 0 Å². The van der Waals surface area contributed by atoms with Crippen molar-refractivity contribution in [2.45, 2.75) is 18.9 Å². The first-order valence-electron chi connectivity index (χ1n) is 6.42. The Morgan fingerprint density at radius 1 is 1.33 bits per heavy atom. The third-order valence-corrected chi connectivity index (χ3v) is 3.59. The summed E-state index contributed by atoms with van der Waals surface area (Å²) >= 11 is 0. The molecule has 1 aliphatic rings. The highest BCUT2D eigenvalue weighted by Crippen LogP contribution is 2.31. The van der Waals surface area contributed by atoms with Gasteiger partial charge in [0.1, 0.15) is 0 Å². The Bertz CT molecular complexity index is 389. The summed E-state index contributed by atoms with van der Waals surface area (Å²) in [4.78, 5) is 0. The fourth-order valence-electron chi connectivity index (χ4n) is 2.49. The van der Waals surface area contributed by atoms with Crippen LogP contribution in [0.1, 0.15) is 24.4 Å². The van der Waals surface area contributed by atoms with Gasteiger partial charge >= 0.3 is 0 Å². The first-order chi connectivity index (χ1) is 8.74. The number of nitrogens with two attached hydrogens (primary N) is 1. The fraction of sp³-hybridized carbons (Fsp3) is 0.571. The van der Waals surface area contributed by atoms with Crippen LogP contribution in [0.5, 0.6) is 11.5 Å². The standard InChI is InChI=1S/C14H22N2O2/c1-17-13-4-3-11(8-14(13)18-2)12(15)7-10-5-6-16-9-10/h3-4,8,10,12,16H,5-7,9,15H2,1-2H3. The molecule has 1 saturated heterocycles. The number of hydrogen-bond donors (Lipinski definition) is 2. The monoisotopic (exact) mass is 250 g/mol. The van der Waals surface area contributed by atoms with Crippen molar-refractivity contribution >= 4 is 0 Å². The lowest BCUT2D eigenvalue weighted by Gasteiger charge is -2.17. The van der Waals surface area contributed by atoms with E-state index in [4.69, 9.17) is 15.2 Å². The van der Waals surface area contributed by atoms with E-state index in [9.17, 15) is 0 Å². The van der Waals surface area contributed by atoms with Crippen molar-refractivity contribution in [2.24, 2.45) is 11.7 Å². The highest BCUT2D eigenvalue weighted by atomic mass is 16.5. The third-order valence-electron chi connectivity index (χ3n) is 3.59. The Balaban J connectivity index is 2.06. The minimum atomic E-state index is 0.0645. The molecule has 0 radical (unpaired) electrons. The molecular weight excluding hydrogens is 228 g/mol. The van der Waals surface area contributed by atoms with Crippen LogP contribution in [-0.2, 0) is 0 Å². The number of nitrogens with one attached hydrogen (secondary N) is 1. The molecule has 0 aromatic heterocycles. The molecule has 1 fully saturated rings. The van der Waals surface area contributed by atoms with Crippen molar-refractivity contribution in [1.82, 2.24) is 5.32 Å². The predicted molar refractivity (Wildman–Crippen MR) is 72.1 cm³/mol. The number of methoxy groups -OCH3 is 2. The molecule has 0 spiro atoms. The Kier molecular flexibility index (Phi) is 4.44. The van der Waals surface area contributed by atoms with Gasteiger partial charge in [0.2, 0.25) is 0 Å². The van der Waals surface area contributed by atoms with E-state index in [0.29, 0.717) is 5.92 Å². The maximum Gasteiger partial charge on any atom is 0.161 e. The average molecular weight is 250 g/mol. The van der Waals surface area contributed by atoms with Crippen LogP contribution in [0.2, 0.25) is 0 Å². The first kappa shape index (κ1) is 13.2. The summed E-state index contributed by atoms with van der Waals surface area (Å²) in [5.74, 6) is 2.18. The maximum atomic E-state index is 6.27. The zero-order valence-electron chi connectivity index (χ0n) is 11.1. The number of rotatable bonds is 5. The van der Waals surface area contributed by atoms with Crippen molar-refractivity contribution in [3.63, 3.8) is 0 Å². The van der Waals surface area contributed by atoms with E-state index in [1.165, 1.54) is 6.42 Å². The third kappa shape index (κ3) is 2.94. The Morgan fingerprint density at radius 3 is 2.72 bits per heavy atom. The minimum Gasteiger partial charge on any atom is -0.493 e. The lowest BCUT2D eigenvalue weighted by molar-refractivity contribution is 0.353. The summed E-state index contributed by atoms with van der Waals surface area (Å²) in [7, 11) is 3.29. The van der Waals surface area contributed by atoms with Crippen LogP contribution < -0.4 is 20.5 Å². The lowest BCUT2D eigenvalue weighted by atomic mass is 9.94. The largest absolute Gasteiger partial charge is 0.493 e. The van der Waals surface area contributed by atoms with Crippen LogP contribution >= 0.6 is 0 Å². The van der Waals surface area contributed by atoms with Gasteiger partial charge in [0, 0.05) is 6.04 Å². The number of benzene rings is 1. The second-order valence-electron chi connectivity index (χ2n) is 4.82. The van der Waals surface area contributed by atoms with E-state index < -0.39 is 0 Å². The van der Waals surface area contributed by atoms with Gasteiger partial charge in [-0.15, -0.1) is 0 Å². The summed E-state index contributed by atoms with van der Waals surface area (Å²) in [5, 5.41) is 3.37. The summed E-state index contributed by atoms with van der Waals surface area (Å²) in [6.45, 7) is 2.20. The van der Waals surface area contributed by atoms with Crippen LogP contribution in [0.15, 0.2) is 18.2 Å². The Hall–Kier alpha value is -1.26. The molecule has 2 unspecified atom stereocenters. The van der Waals surface area contributed by atoms with E-state index in [0.717, 1.165) is 36.6 Å². The Morgan fingerprint density at radius 2 is 2.11 bits per heavy atom. The molecule has 0 aliphatic carbocycles. The highest BCUT2D eigenvalue weighted by Gasteiger charge is 2.19. The van der Waals surface area contributed by atoms with E-state index in [2.05, 4.69) is 5.32 Å². The minimum absolute atomic E-state index is 0.0645. The van der Waals surface area contributed by atoms with E-state index in [1.807, 2.05) is 18.2 Å². The molecule has 1 aromatic rings. The molecule has 0 amide bonds. The van der Waals surface area contributed by atoms with Gasteiger partial charge in [-0.2, -0.15) is 0 Å². The van der Waals surface area contributed by atoms with Crippen LogP contribution in [-0.4, -0.2) is 27.3 Å². The average Bonchev–Trinajstić information content (AvgIpc) is 2.90. The summed E-state index contributed by atoms with van der Waals surface area (Å²) < 4.78 is 10.5. The van der Waals surface area contributed by atoms with E-state index >= 15 is 0 Å².